The zero-order valence-electron chi connectivity index (χ0n) is 30.0. The van der Waals surface area contributed by atoms with Gasteiger partial charge in [-0.1, -0.05) is 72.0 Å². The van der Waals surface area contributed by atoms with Crippen molar-refractivity contribution in [2.24, 2.45) is 0 Å². The molecule has 260 valence electrons. The van der Waals surface area contributed by atoms with Crippen molar-refractivity contribution in [3.8, 4) is 0 Å². The van der Waals surface area contributed by atoms with Crippen LogP contribution in [0.2, 0.25) is 0 Å². The van der Waals surface area contributed by atoms with E-state index in [1.165, 1.54) is 16.7 Å². The number of nitrogens with zero attached hydrogens (tertiary/aromatic N) is 6. The summed E-state index contributed by atoms with van der Waals surface area (Å²) in [7, 11) is 4.21. The van der Waals surface area contributed by atoms with E-state index >= 15 is 0 Å². The van der Waals surface area contributed by atoms with Gasteiger partial charge in [-0.2, -0.15) is 36.4 Å². The summed E-state index contributed by atoms with van der Waals surface area (Å²) in [6.45, 7) is 8.76. The normalized spacial score (nSPS) is 16.5. The smallest absolute Gasteiger partial charge is 0.510 e. The molecule has 0 spiro atoms. The van der Waals surface area contributed by atoms with Gasteiger partial charge in [0.05, 0.1) is 0 Å². The van der Waals surface area contributed by atoms with Gasteiger partial charge in [0.15, 0.2) is 0 Å². The molecule has 0 unspecified atom stereocenters. The molecule has 0 N–H and O–H groups in total. The number of fused-ring (bicyclic) bond motifs is 5. The van der Waals surface area contributed by atoms with E-state index in [9.17, 15) is 0 Å². The average molecular weight is 868 g/mol. The van der Waals surface area contributed by atoms with E-state index in [0.717, 1.165) is 56.4 Å². The van der Waals surface area contributed by atoms with E-state index < -0.39 is 0 Å². The molecule has 0 atom stereocenters. The van der Waals surface area contributed by atoms with Crippen LogP contribution in [0.15, 0.2) is 140 Å². The van der Waals surface area contributed by atoms with Crippen molar-refractivity contribution in [3.63, 3.8) is 0 Å². The summed E-state index contributed by atoms with van der Waals surface area (Å²) in [4.78, 5) is 13.6. The third-order valence-corrected chi connectivity index (χ3v) is 11.1. The average Bonchev–Trinajstić information content (AvgIpc) is 3.62. The zero-order valence-corrected chi connectivity index (χ0v) is 32.3. The SMILES string of the molecule is CN1C=CN(c2[c-]c3c(cc2)N(c2ccccc2)c2cccc4c2B3c2[c-]c(N3[CH-]N(C)C(C)(C)c5ccccc53)ccc2N4c2ccccc2)[CH-]1.[Pt+4]. The Morgan fingerprint density at radius 1 is 0.547 bits per heavy atom. The molecular formula is C45H37BN6Pt. The second-order valence-corrected chi connectivity index (χ2v) is 14.4. The van der Waals surface area contributed by atoms with Gasteiger partial charge in [-0.15, -0.1) is 35.6 Å². The molecule has 4 aliphatic rings. The van der Waals surface area contributed by atoms with Crippen LogP contribution in [0.3, 0.4) is 0 Å². The summed E-state index contributed by atoms with van der Waals surface area (Å²) < 4.78 is 0. The number of benzene rings is 6. The molecular weight excluding hydrogens is 830 g/mol. The minimum absolute atomic E-state index is 0. The fraction of sp³-hybridized carbons (Fsp3) is 0.111. The van der Waals surface area contributed by atoms with Gasteiger partial charge >= 0.3 is 21.1 Å². The van der Waals surface area contributed by atoms with Crippen molar-refractivity contribution in [1.82, 2.24) is 9.80 Å². The van der Waals surface area contributed by atoms with Crippen LogP contribution in [0, 0.1) is 25.5 Å². The fourth-order valence-corrected chi connectivity index (χ4v) is 8.29. The minimum atomic E-state index is -0.150. The number of rotatable bonds is 4. The predicted molar refractivity (Wildman–Crippen MR) is 215 cm³/mol. The first-order valence-corrected chi connectivity index (χ1v) is 17.8. The largest absolute Gasteiger partial charge is 4.00 e. The second kappa shape index (κ2) is 12.7. The summed E-state index contributed by atoms with van der Waals surface area (Å²) in [5, 5.41) is 0. The molecule has 0 radical (unpaired) electrons. The van der Waals surface area contributed by atoms with E-state index in [1.54, 1.807) is 0 Å². The molecule has 10 rings (SSSR count). The van der Waals surface area contributed by atoms with E-state index in [0.29, 0.717) is 0 Å². The van der Waals surface area contributed by atoms with Crippen LogP contribution in [-0.2, 0) is 26.6 Å². The molecule has 6 aromatic rings. The quantitative estimate of drug-likeness (QED) is 0.131. The van der Waals surface area contributed by atoms with Crippen molar-refractivity contribution in [2.75, 3.05) is 33.7 Å². The number of hydrogen-bond donors (Lipinski definition) is 0. The first-order chi connectivity index (χ1) is 25.4. The van der Waals surface area contributed by atoms with Gasteiger partial charge < -0.3 is 29.4 Å². The van der Waals surface area contributed by atoms with E-state index in [1.807, 2.05) is 0 Å². The fourth-order valence-electron chi connectivity index (χ4n) is 8.29. The molecule has 0 fully saturated rings. The van der Waals surface area contributed by atoms with Gasteiger partial charge in [-0.3, -0.25) is 0 Å². The number of anilines is 9. The maximum atomic E-state index is 4.06. The Morgan fingerprint density at radius 3 is 1.70 bits per heavy atom. The van der Waals surface area contributed by atoms with Gasteiger partial charge in [-0.25, -0.2) is 0 Å². The van der Waals surface area contributed by atoms with Crippen LogP contribution >= 0.6 is 0 Å². The molecule has 0 aromatic heterocycles. The molecule has 6 aromatic carbocycles. The molecule has 0 saturated carbocycles. The van der Waals surface area contributed by atoms with Crippen LogP contribution in [0.4, 0.5) is 51.2 Å². The van der Waals surface area contributed by atoms with Crippen LogP contribution in [0.1, 0.15) is 19.4 Å². The van der Waals surface area contributed by atoms with E-state index in [2.05, 4.69) is 223 Å². The van der Waals surface area contributed by atoms with E-state index in [-0.39, 0.29) is 33.3 Å². The monoisotopic (exact) mass is 867 g/mol. The topological polar surface area (TPSA) is 19.4 Å². The zero-order chi connectivity index (χ0) is 35.1. The molecule has 4 heterocycles. The summed E-state index contributed by atoms with van der Waals surface area (Å²) in [5.41, 5.74) is 14.6. The van der Waals surface area contributed by atoms with Gasteiger partial charge in [0, 0.05) is 34.0 Å². The molecule has 8 heteroatoms. The van der Waals surface area contributed by atoms with Gasteiger partial charge in [0.2, 0.25) is 6.71 Å². The van der Waals surface area contributed by atoms with Crippen LogP contribution in [-0.4, -0.2) is 30.6 Å². The third-order valence-electron chi connectivity index (χ3n) is 11.1. The molecule has 0 bridgehead atoms. The molecule has 6 nitrogen and oxygen atoms in total. The van der Waals surface area contributed by atoms with Crippen molar-refractivity contribution < 1.29 is 21.1 Å². The van der Waals surface area contributed by atoms with Crippen molar-refractivity contribution in [3.05, 3.63) is 171 Å². The first-order valence-electron chi connectivity index (χ1n) is 17.8. The molecule has 0 amide bonds. The minimum Gasteiger partial charge on any atom is -0.510 e. The van der Waals surface area contributed by atoms with Gasteiger partial charge in [0.1, 0.15) is 0 Å². The Hall–Kier alpha value is -5.23. The van der Waals surface area contributed by atoms with Gasteiger partial charge in [-0.05, 0) is 93.8 Å². The predicted octanol–water partition coefficient (Wildman–Crippen LogP) is 8.15. The second-order valence-electron chi connectivity index (χ2n) is 14.4. The summed E-state index contributed by atoms with van der Waals surface area (Å²) in [5.74, 6) is 0. The van der Waals surface area contributed by atoms with Crippen molar-refractivity contribution >= 4 is 74.3 Å². The van der Waals surface area contributed by atoms with Crippen LogP contribution in [0.5, 0.6) is 0 Å². The Balaban J connectivity index is 0.00000372. The summed E-state index contributed by atoms with van der Waals surface area (Å²) >= 11 is 0. The van der Waals surface area contributed by atoms with Crippen LogP contribution < -0.4 is 36.0 Å². The molecule has 0 aliphatic carbocycles. The summed E-state index contributed by atoms with van der Waals surface area (Å²) in [6.07, 6.45) is 4.16. The van der Waals surface area contributed by atoms with Crippen molar-refractivity contribution in [2.45, 2.75) is 19.4 Å². The number of hydrogen-bond acceptors (Lipinski definition) is 6. The third kappa shape index (κ3) is 5.16. The Bertz CT molecular complexity index is 2370. The van der Waals surface area contributed by atoms with Gasteiger partial charge in [0.25, 0.3) is 0 Å². The summed E-state index contributed by atoms with van der Waals surface area (Å²) in [6, 6.07) is 53.9. The Morgan fingerprint density at radius 2 is 1.09 bits per heavy atom. The maximum absolute atomic E-state index is 4.06. The number of para-hydroxylation sites is 3. The standard InChI is InChI=1S/C45H37BN6.Pt/c1-45(2)36-18-11-12-19-39(36)50(31-48(45)4)35-23-25-41-38(29-35)46-37-28-34(49-27-26-47(3)30-49)22-24-40(37)51(32-14-7-5-8-15-32)42-20-13-21-43(44(42)46)52(41)33-16-9-6-10-17-33;/h5-27,30-31H,1-4H3;/q-4;+4. The first kappa shape index (κ1) is 33.6. The van der Waals surface area contributed by atoms with Crippen molar-refractivity contribution in [1.29, 1.82) is 0 Å². The molecule has 4 aliphatic heterocycles. The molecule has 0 saturated heterocycles. The van der Waals surface area contributed by atoms with Crippen LogP contribution in [0.25, 0.3) is 0 Å². The van der Waals surface area contributed by atoms with E-state index in [4.69, 9.17) is 0 Å². The Labute approximate surface area is 327 Å². The molecule has 53 heavy (non-hydrogen) atoms. The Kier molecular flexibility index (Phi) is 8.06. The maximum Gasteiger partial charge on any atom is 4.00 e.